The molecule has 0 spiro atoms. The number of halogens is 1. The first-order valence-corrected chi connectivity index (χ1v) is 5.05. The Morgan fingerprint density at radius 2 is 2.21 bits per heavy atom. The highest BCUT2D eigenvalue weighted by Gasteiger charge is 2.41. The first-order chi connectivity index (χ1) is 6.37. The maximum atomic E-state index is 11.7. The summed E-state index contributed by atoms with van der Waals surface area (Å²) >= 11 is 5.71. The molecular formula is C9H15ClN2O2. The van der Waals surface area contributed by atoms with Crippen molar-refractivity contribution in [3.63, 3.8) is 0 Å². The van der Waals surface area contributed by atoms with Gasteiger partial charge in [0, 0.05) is 13.1 Å². The fraction of sp³-hybridized carbons (Fsp3) is 0.778. The molecule has 1 aliphatic heterocycles. The van der Waals surface area contributed by atoms with Crippen molar-refractivity contribution in [1.29, 1.82) is 0 Å². The molecule has 1 aliphatic rings. The van der Waals surface area contributed by atoms with Gasteiger partial charge in [0.15, 0.2) is 0 Å². The van der Waals surface area contributed by atoms with Gasteiger partial charge in [0.25, 0.3) is 0 Å². The molecule has 0 aromatic rings. The number of nitrogens with zero attached hydrogens (tertiary/aromatic N) is 1. The molecule has 80 valence electrons. The number of hydrogen-bond acceptors (Lipinski definition) is 2. The molecule has 1 N–H and O–H groups in total. The van der Waals surface area contributed by atoms with Gasteiger partial charge < -0.3 is 10.2 Å². The van der Waals surface area contributed by atoms with E-state index in [0.717, 1.165) is 0 Å². The van der Waals surface area contributed by atoms with E-state index >= 15 is 0 Å². The SMILES string of the molecule is CC(Cl)C(=O)N1CCNC(=O)C1(C)C. The number of piperazine rings is 1. The maximum absolute atomic E-state index is 11.7. The molecule has 0 bridgehead atoms. The van der Waals surface area contributed by atoms with E-state index in [0.29, 0.717) is 13.1 Å². The number of amides is 2. The summed E-state index contributed by atoms with van der Waals surface area (Å²) in [5, 5.41) is 2.14. The topological polar surface area (TPSA) is 49.4 Å². The molecule has 0 aliphatic carbocycles. The summed E-state index contributed by atoms with van der Waals surface area (Å²) in [4.78, 5) is 24.7. The van der Waals surface area contributed by atoms with Gasteiger partial charge in [0.2, 0.25) is 11.8 Å². The fourth-order valence-electron chi connectivity index (χ4n) is 1.50. The summed E-state index contributed by atoms with van der Waals surface area (Å²) in [7, 11) is 0. The number of carbonyl (C=O) groups is 2. The van der Waals surface area contributed by atoms with Crippen LogP contribution in [-0.2, 0) is 9.59 Å². The lowest BCUT2D eigenvalue weighted by molar-refractivity contribution is -0.148. The van der Waals surface area contributed by atoms with Crippen molar-refractivity contribution in [1.82, 2.24) is 10.2 Å². The molecule has 0 radical (unpaired) electrons. The summed E-state index contributed by atoms with van der Waals surface area (Å²) < 4.78 is 0. The van der Waals surface area contributed by atoms with E-state index in [1.807, 2.05) is 0 Å². The molecule has 1 fully saturated rings. The van der Waals surface area contributed by atoms with Gasteiger partial charge in [-0.05, 0) is 20.8 Å². The molecular weight excluding hydrogens is 204 g/mol. The van der Waals surface area contributed by atoms with Crippen LogP contribution in [0.1, 0.15) is 20.8 Å². The smallest absolute Gasteiger partial charge is 0.245 e. The molecule has 14 heavy (non-hydrogen) atoms. The van der Waals surface area contributed by atoms with Crippen LogP contribution in [0.5, 0.6) is 0 Å². The number of nitrogens with one attached hydrogen (secondary N) is 1. The summed E-state index contributed by atoms with van der Waals surface area (Å²) in [5.41, 5.74) is -0.793. The average Bonchev–Trinajstić information content (AvgIpc) is 2.08. The van der Waals surface area contributed by atoms with Crippen molar-refractivity contribution in [3.8, 4) is 0 Å². The first kappa shape index (κ1) is 11.3. The van der Waals surface area contributed by atoms with Gasteiger partial charge in [0.1, 0.15) is 10.9 Å². The van der Waals surface area contributed by atoms with Crippen LogP contribution in [0.3, 0.4) is 0 Å². The average molecular weight is 219 g/mol. The molecule has 0 aromatic heterocycles. The van der Waals surface area contributed by atoms with Gasteiger partial charge in [0.05, 0.1) is 0 Å². The Kier molecular flexibility index (Phi) is 3.04. The van der Waals surface area contributed by atoms with Crippen molar-refractivity contribution in [2.24, 2.45) is 0 Å². The molecule has 0 aromatic carbocycles. The minimum Gasteiger partial charge on any atom is -0.352 e. The monoisotopic (exact) mass is 218 g/mol. The summed E-state index contributed by atoms with van der Waals surface area (Å²) in [6.07, 6.45) is 0. The van der Waals surface area contributed by atoms with Crippen molar-refractivity contribution in [2.45, 2.75) is 31.7 Å². The lowest BCUT2D eigenvalue weighted by Crippen LogP contribution is -2.64. The van der Waals surface area contributed by atoms with Crippen LogP contribution in [0.2, 0.25) is 0 Å². The Labute approximate surface area is 88.6 Å². The van der Waals surface area contributed by atoms with Crippen LogP contribution in [0.4, 0.5) is 0 Å². The molecule has 1 saturated heterocycles. The van der Waals surface area contributed by atoms with Crippen LogP contribution in [-0.4, -0.2) is 40.7 Å². The zero-order valence-corrected chi connectivity index (χ0v) is 9.39. The molecule has 1 rings (SSSR count). The van der Waals surface area contributed by atoms with E-state index in [1.165, 1.54) is 4.90 Å². The normalized spacial score (nSPS) is 22.9. The number of rotatable bonds is 1. The fourth-order valence-corrected chi connectivity index (χ4v) is 1.62. The second-order valence-electron chi connectivity index (χ2n) is 3.92. The second-order valence-corrected chi connectivity index (χ2v) is 4.58. The summed E-state index contributed by atoms with van der Waals surface area (Å²) in [6.45, 7) is 6.08. The van der Waals surface area contributed by atoms with E-state index in [9.17, 15) is 9.59 Å². The van der Waals surface area contributed by atoms with Crippen LogP contribution in [0, 0.1) is 0 Å². The Balaban J connectivity index is 2.87. The highest BCUT2D eigenvalue weighted by atomic mass is 35.5. The van der Waals surface area contributed by atoms with Crippen LogP contribution < -0.4 is 5.32 Å². The minimum absolute atomic E-state index is 0.130. The third-order valence-corrected chi connectivity index (χ3v) is 2.64. The summed E-state index contributed by atoms with van der Waals surface area (Å²) in [5.74, 6) is -0.319. The summed E-state index contributed by atoms with van der Waals surface area (Å²) in [6, 6.07) is 0. The van der Waals surface area contributed by atoms with Crippen LogP contribution in [0.15, 0.2) is 0 Å². The second kappa shape index (κ2) is 3.77. The Morgan fingerprint density at radius 3 is 2.71 bits per heavy atom. The molecule has 2 amide bonds. The largest absolute Gasteiger partial charge is 0.352 e. The third kappa shape index (κ3) is 1.85. The Hall–Kier alpha value is -0.770. The van der Waals surface area contributed by atoms with Gasteiger partial charge in [-0.1, -0.05) is 0 Å². The van der Waals surface area contributed by atoms with Gasteiger partial charge in [-0.15, -0.1) is 11.6 Å². The van der Waals surface area contributed by atoms with Crippen LogP contribution in [0.25, 0.3) is 0 Å². The molecule has 5 heteroatoms. The minimum atomic E-state index is -0.793. The highest BCUT2D eigenvalue weighted by molar-refractivity contribution is 6.30. The van der Waals surface area contributed by atoms with Crippen molar-refractivity contribution < 1.29 is 9.59 Å². The van der Waals surface area contributed by atoms with E-state index in [4.69, 9.17) is 11.6 Å². The molecule has 1 atom stereocenters. The van der Waals surface area contributed by atoms with Gasteiger partial charge >= 0.3 is 0 Å². The van der Waals surface area contributed by atoms with E-state index in [-0.39, 0.29) is 11.8 Å². The molecule has 1 heterocycles. The standard InChI is InChI=1S/C9H15ClN2O2/c1-6(10)7(13)12-5-4-11-8(14)9(12,2)3/h6H,4-5H2,1-3H3,(H,11,14). The third-order valence-electron chi connectivity index (χ3n) is 2.46. The first-order valence-electron chi connectivity index (χ1n) is 4.61. The van der Waals surface area contributed by atoms with E-state index in [2.05, 4.69) is 5.32 Å². The van der Waals surface area contributed by atoms with E-state index < -0.39 is 10.9 Å². The number of alkyl halides is 1. The van der Waals surface area contributed by atoms with Crippen molar-refractivity contribution >= 4 is 23.4 Å². The van der Waals surface area contributed by atoms with Gasteiger partial charge in [-0.2, -0.15) is 0 Å². The zero-order valence-electron chi connectivity index (χ0n) is 8.63. The lowest BCUT2D eigenvalue weighted by Gasteiger charge is -2.41. The van der Waals surface area contributed by atoms with Crippen molar-refractivity contribution in [2.75, 3.05) is 13.1 Å². The Morgan fingerprint density at radius 1 is 1.64 bits per heavy atom. The van der Waals surface area contributed by atoms with E-state index in [1.54, 1.807) is 20.8 Å². The highest BCUT2D eigenvalue weighted by Crippen LogP contribution is 2.19. The van der Waals surface area contributed by atoms with Crippen LogP contribution >= 0.6 is 11.6 Å². The quantitative estimate of drug-likeness (QED) is 0.646. The predicted molar refractivity (Wildman–Crippen MR) is 54.1 cm³/mol. The lowest BCUT2D eigenvalue weighted by atomic mass is 9.98. The van der Waals surface area contributed by atoms with Crippen molar-refractivity contribution in [3.05, 3.63) is 0 Å². The maximum Gasteiger partial charge on any atom is 0.245 e. The van der Waals surface area contributed by atoms with Gasteiger partial charge in [-0.3, -0.25) is 9.59 Å². The molecule has 1 unspecified atom stereocenters. The number of carbonyl (C=O) groups excluding carboxylic acids is 2. The molecule has 4 nitrogen and oxygen atoms in total. The molecule has 0 saturated carbocycles. The predicted octanol–water partition coefficient (Wildman–Crippen LogP) is 0.351. The Bertz CT molecular complexity index is 264. The van der Waals surface area contributed by atoms with Gasteiger partial charge in [-0.25, -0.2) is 0 Å². The number of hydrogen-bond donors (Lipinski definition) is 1. The zero-order chi connectivity index (χ0) is 10.9.